The Labute approximate surface area is 93.5 Å². The summed E-state index contributed by atoms with van der Waals surface area (Å²) in [6, 6.07) is 2.99. The summed E-state index contributed by atoms with van der Waals surface area (Å²) in [5, 5.41) is 7.27. The molecule has 0 fully saturated rings. The van der Waals surface area contributed by atoms with Crippen LogP contribution in [0.1, 0.15) is 20.3 Å². The third kappa shape index (κ3) is 2.29. The van der Waals surface area contributed by atoms with Crippen LogP contribution in [0.25, 0.3) is 5.65 Å². The molecule has 0 saturated heterocycles. The van der Waals surface area contributed by atoms with E-state index >= 15 is 0 Å². The lowest BCUT2D eigenvalue weighted by Gasteiger charge is -2.07. The zero-order valence-corrected chi connectivity index (χ0v) is 9.44. The van der Waals surface area contributed by atoms with E-state index in [-0.39, 0.29) is 5.82 Å². The summed E-state index contributed by atoms with van der Waals surface area (Å²) < 4.78 is 14.3. The highest BCUT2D eigenvalue weighted by molar-refractivity contribution is 5.42. The quantitative estimate of drug-likeness (QED) is 0.863. The van der Waals surface area contributed by atoms with Crippen molar-refractivity contribution < 1.29 is 4.39 Å². The summed E-state index contributed by atoms with van der Waals surface area (Å²) in [5.74, 6) is 0.806. The molecular formula is C11H15FN4. The molecule has 0 saturated carbocycles. The van der Waals surface area contributed by atoms with Gasteiger partial charge in [0.2, 0.25) is 5.95 Å². The molecule has 4 nitrogen and oxygen atoms in total. The maximum absolute atomic E-state index is 12.9. The molecule has 0 radical (unpaired) electrons. The van der Waals surface area contributed by atoms with Gasteiger partial charge in [0.15, 0.2) is 5.65 Å². The van der Waals surface area contributed by atoms with Crippen LogP contribution in [-0.2, 0) is 0 Å². The Morgan fingerprint density at radius 2 is 2.31 bits per heavy atom. The first-order chi connectivity index (χ1) is 7.69. The van der Waals surface area contributed by atoms with Crippen LogP contribution < -0.4 is 5.32 Å². The summed E-state index contributed by atoms with van der Waals surface area (Å²) in [7, 11) is 0. The SMILES string of the molecule is CCC(C)CNc1nc2ccc(F)cn2n1. The number of aromatic nitrogens is 3. The molecule has 0 aliphatic heterocycles. The normalized spacial score (nSPS) is 12.9. The molecule has 86 valence electrons. The minimum atomic E-state index is -0.314. The van der Waals surface area contributed by atoms with Gasteiger partial charge in [-0.05, 0) is 18.1 Å². The van der Waals surface area contributed by atoms with Gasteiger partial charge in [0.25, 0.3) is 0 Å². The molecule has 0 aromatic carbocycles. The van der Waals surface area contributed by atoms with E-state index in [1.807, 2.05) is 0 Å². The van der Waals surface area contributed by atoms with Gasteiger partial charge in [0.05, 0.1) is 6.20 Å². The molecule has 2 rings (SSSR count). The number of hydrogen-bond donors (Lipinski definition) is 1. The first-order valence-corrected chi connectivity index (χ1v) is 5.45. The van der Waals surface area contributed by atoms with Gasteiger partial charge in [-0.2, -0.15) is 4.98 Å². The highest BCUT2D eigenvalue weighted by atomic mass is 19.1. The van der Waals surface area contributed by atoms with Crippen molar-refractivity contribution in [2.24, 2.45) is 5.92 Å². The van der Waals surface area contributed by atoms with Crippen LogP contribution in [0.15, 0.2) is 18.3 Å². The second kappa shape index (κ2) is 4.47. The average molecular weight is 222 g/mol. The van der Waals surface area contributed by atoms with Crippen LogP contribution in [0, 0.1) is 11.7 Å². The van der Waals surface area contributed by atoms with Crippen LogP contribution in [0.5, 0.6) is 0 Å². The van der Waals surface area contributed by atoms with E-state index < -0.39 is 0 Å². The average Bonchev–Trinajstić information content (AvgIpc) is 2.67. The monoisotopic (exact) mass is 222 g/mol. The fraction of sp³-hybridized carbons (Fsp3) is 0.455. The molecule has 1 atom stereocenters. The van der Waals surface area contributed by atoms with Crippen molar-refractivity contribution >= 4 is 11.6 Å². The summed E-state index contributed by atoms with van der Waals surface area (Å²) in [6.07, 6.45) is 2.42. The first kappa shape index (κ1) is 10.9. The number of hydrogen-bond acceptors (Lipinski definition) is 3. The summed E-state index contributed by atoms with van der Waals surface area (Å²) in [4.78, 5) is 4.23. The molecule has 2 aromatic heterocycles. The maximum Gasteiger partial charge on any atom is 0.243 e. The van der Waals surface area contributed by atoms with Gasteiger partial charge in [-0.1, -0.05) is 20.3 Å². The Hall–Kier alpha value is -1.65. The molecule has 0 spiro atoms. The van der Waals surface area contributed by atoms with Gasteiger partial charge in [-0.15, -0.1) is 5.10 Å². The molecule has 0 bridgehead atoms. The Bertz CT molecular complexity index is 480. The fourth-order valence-corrected chi connectivity index (χ4v) is 1.34. The van der Waals surface area contributed by atoms with Gasteiger partial charge in [0, 0.05) is 6.54 Å². The largest absolute Gasteiger partial charge is 0.353 e. The molecular weight excluding hydrogens is 207 g/mol. The van der Waals surface area contributed by atoms with E-state index in [1.54, 1.807) is 6.07 Å². The van der Waals surface area contributed by atoms with Gasteiger partial charge in [-0.3, -0.25) is 0 Å². The van der Waals surface area contributed by atoms with Crippen molar-refractivity contribution in [2.45, 2.75) is 20.3 Å². The van der Waals surface area contributed by atoms with Crippen LogP contribution in [0.2, 0.25) is 0 Å². The Morgan fingerprint density at radius 3 is 3.06 bits per heavy atom. The number of rotatable bonds is 4. The molecule has 2 heterocycles. The van der Waals surface area contributed by atoms with Crippen LogP contribution in [0.4, 0.5) is 10.3 Å². The zero-order chi connectivity index (χ0) is 11.5. The number of fused-ring (bicyclic) bond motifs is 1. The van der Waals surface area contributed by atoms with E-state index in [1.165, 1.54) is 16.8 Å². The fourth-order valence-electron chi connectivity index (χ4n) is 1.34. The second-order valence-corrected chi connectivity index (χ2v) is 3.98. The van der Waals surface area contributed by atoms with Crippen molar-refractivity contribution in [3.05, 3.63) is 24.1 Å². The molecule has 0 aliphatic carbocycles. The summed E-state index contributed by atoms with van der Waals surface area (Å²) in [6.45, 7) is 5.12. The maximum atomic E-state index is 12.9. The smallest absolute Gasteiger partial charge is 0.243 e. The molecule has 5 heteroatoms. The number of nitrogens with one attached hydrogen (secondary N) is 1. The Kier molecular flexibility index (Phi) is 3.03. The highest BCUT2D eigenvalue weighted by Gasteiger charge is 2.05. The highest BCUT2D eigenvalue weighted by Crippen LogP contribution is 2.08. The van der Waals surface area contributed by atoms with Crippen LogP contribution in [0.3, 0.4) is 0 Å². The second-order valence-electron chi connectivity index (χ2n) is 3.98. The van der Waals surface area contributed by atoms with Crippen molar-refractivity contribution in [1.29, 1.82) is 0 Å². The first-order valence-electron chi connectivity index (χ1n) is 5.45. The number of nitrogens with zero attached hydrogens (tertiary/aromatic N) is 3. The lowest BCUT2D eigenvalue weighted by Crippen LogP contribution is -2.11. The minimum absolute atomic E-state index is 0.314. The molecule has 1 N–H and O–H groups in total. The number of pyridine rings is 1. The number of halogens is 1. The predicted octanol–water partition coefficient (Wildman–Crippen LogP) is 2.33. The Balaban J connectivity index is 2.13. The molecule has 1 unspecified atom stereocenters. The van der Waals surface area contributed by atoms with Gasteiger partial charge >= 0.3 is 0 Å². The van der Waals surface area contributed by atoms with E-state index in [0.29, 0.717) is 17.5 Å². The van der Waals surface area contributed by atoms with Crippen molar-refractivity contribution in [1.82, 2.24) is 14.6 Å². The van der Waals surface area contributed by atoms with Crippen molar-refractivity contribution in [3.8, 4) is 0 Å². The van der Waals surface area contributed by atoms with Crippen molar-refractivity contribution in [2.75, 3.05) is 11.9 Å². The van der Waals surface area contributed by atoms with Crippen molar-refractivity contribution in [3.63, 3.8) is 0 Å². The standard InChI is InChI=1S/C11H15FN4/c1-3-8(2)6-13-11-14-10-5-4-9(12)7-16(10)15-11/h4-5,7-8H,3,6H2,1-2H3,(H,13,15). The van der Waals surface area contributed by atoms with Crippen LogP contribution in [-0.4, -0.2) is 21.1 Å². The van der Waals surface area contributed by atoms with Crippen LogP contribution >= 0.6 is 0 Å². The van der Waals surface area contributed by atoms with E-state index in [0.717, 1.165) is 13.0 Å². The van der Waals surface area contributed by atoms with E-state index in [4.69, 9.17) is 0 Å². The van der Waals surface area contributed by atoms with E-state index in [9.17, 15) is 4.39 Å². The molecule has 2 aromatic rings. The van der Waals surface area contributed by atoms with Gasteiger partial charge in [0.1, 0.15) is 5.82 Å². The molecule has 0 aliphatic rings. The predicted molar refractivity (Wildman–Crippen MR) is 60.9 cm³/mol. The number of anilines is 1. The third-order valence-electron chi connectivity index (χ3n) is 2.60. The lowest BCUT2D eigenvalue weighted by atomic mass is 10.1. The summed E-state index contributed by atoms with van der Waals surface area (Å²) >= 11 is 0. The lowest BCUT2D eigenvalue weighted by molar-refractivity contribution is 0.591. The van der Waals surface area contributed by atoms with E-state index in [2.05, 4.69) is 29.2 Å². The zero-order valence-electron chi connectivity index (χ0n) is 9.44. The summed E-state index contributed by atoms with van der Waals surface area (Å²) in [5.41, 5.74) is 0.646. The third-order valence-corrected chi connectivity index (χ3v) is 2.60. The molecule has 0 amide bonds. The minimum Gasteiger partial charge on any atom is -0.353 e. The topological polar surface area (TPSA) is 42.2 Å². The molecule has 16 heavy (non-hydrogen) atoms. The Morgan fingerprint density at radius 1 is 1.50 bits per heavy atom. The van der Waals surface area contributed by atoms with Gasteiger partial charge in [-0.25, -0.2) is 8.91 Å². The van der Waals surface area contributed by atoms with Gasteiger partial charge < -0.3 is 5.32 Å².